The van der Waals surface area contributed by atoms with Crippen molar-refractivity contribution in [3.63, 3.8) is 0 Å². The van der Waals surface area contributed by atoms with Gasteiger partial charge >= 0.3 is 12.1 Å². The molecule has 0 aliphatic carbocycles. The first-order valence-electron chi connectivity index (χ1n) is 24.3. The third-order valence-electron chi connectivity index (χ3n) is 13.5. The normalized spacial score (nSPS) is 43.6. The molecule has 19 heteroatoms. The number of nitrogens with zero attached hydrogens (tertiary/aromatic N) is 1. The summed E-state index contributed by atoms with van der Waals surface area (Å²) in [6.45, 7) is 33.3. The molecule has 0 aromatic heterocycles. The zero-order chi connectivity index (χ0) is 51.8. The van der Waals surface area contributed by atoms with Crippen LogP contribution in [0.4, 0.5) is 9.18 Å². The summed E-state index contributed by atoms with van der Waals surface area (Å²) in [4.78, 5) is 30.2. The first-order valence-corrected chi connectivity index (χ1v) is 31.1. The van der Waals surface area contributed by atoms with Crippen LogP contribution in [0.1, 0.15) is 116 Å². The maximum Gasteiger partial charge on any atom is 0.509 e. The van der Waals surface area contributed by atoms with E-state index in [4.69, 9.17) is 46.7 Å². The molecule has 16 nitrogen and oxygen atoms in total. The zero-order valence-electron chi connectivity index (χ0n) is 45.1. The van der Waals surface area contributed by atoms with Crippen molar-refractivity contribution in [2.24, 2.45) is 17.8 Å². The van der Waals surface area contributed by atoms with E-state index in [1.807, 2.05) is 34.9 Å². The number of aliphatic hydroxyl groups excluding tert-OH is 1. The lowest BCUT2D eigenvalue weighted by Gasteiger charge is -2.51. The van der Waals surface area contributed by atoms with E-state index in [0.29, 0.717) is 6.42 Å². The van der Waals surface area contributed by atoms with Crippen LogP contribution in [0.5, 0.6) is 0 Å². The Morgan fingerprint density at radius 2 is 1.43 bits per heavy atom. The predicted octanol–water partition coefficient (Wildman–Crippen LogP) is 7.35. The van der Waals surface area contributed by atoms with Gasteiger partial charge in [-0.25, -0.2) is 9.18 Å². The Labute approximate surface area is 404 Å². The van der Waals surface area contributed by atoms with Crippen molar-refractivity contribution in [2.75, 3.05) is 21.2 Å². The van der Waals surface area contributed by atoms with Gasteiger partial charge in [0.05, 0.1) is 53.7 Å². The molecule has 67 heavy (non-hydrogen) atoms. The zero-order valence-corrected chi connectivity index (χ0v) is 47.1. The number of carbonyl (C=O) groups is 2. The van der Waals surface area contributed by atoms with Gasteiger partial charge in [-0.3, -0.25) is 4.79 Å². The molecule has 1 unspecified atom stereocenters. The van der Waals surface area contributed by atoms with Gasteiger partial charge in [-0.15, -0.1) is 0 Å². The molecule has 0 bridgehead atoms. The number of cyclic esters (lactones) is 1. The summed E-state index contributed by atoms with van der Waals surface area (Å²) in [5, 5.41) is 37.2. The topological polar surface area (TPSA) is 190 Å². The third-order valence-corrected chi connectivity index (χ3v) is 15.4. The lowest BCUT2D eigenvalue weighted by atomic mass is 9.72. The molecule has 19 atom stereocenters. The van der Waals surface area contributed by atoms with Crippen LogP contribution >= 0.6 is 0 Å². The average Bonchev–Trinajstić information content (AvgIpc) is 3.15. The molecule has 3 fully saturated rings. The highest BCUT2D eigenvalue weighted by Gasteiger charge is 2.58. The van der Waals surface area contributed by atoms with E-state index < -0.39 is 142 Å². The minimum absolute atomic E-state index is 0.0396. The van der Waals surface area contributed by atoms with E-state index in [0.717, 1.165) is 6.92 Å². The highest BCUT2D eigenvalue weighted by atomic mass is 28.4. The number of aliphatic hydroxyl groups is 3. The van der Waals surface area contributed by atoms with Gasteiger partial charge < -0.3 is 67.0 Å². The highest BCUT2D eigenvalue weighted by molar-refractivity contribution is 6.70. The number of likely N-dealkylation sites (N-methyl/N-ethyl adjacent to an activating group) is 1. The van der Waals surface area contributed by atoms with E-state index in [2.05, 4.69) is 44.2 Å². The van der Waals surface area contributed by atoms with E-state index in [-0.39, 0.29) is 25.0 Å². The number of hydrogen-bond donors (Lipinski definition) is 3. The van der Waals surface area contributed by atoms with Crippen molar-refractivity contribution >= 4 is 28.8 Å². The molecular formula is C48H92FNO15Si2. The van der Waals surface area contributed by atoms with Crippen molar-refractivity contribution in [1.29, 1.82) is 0 Å². The Kier molecular flexibility index (Phi) is 19.9. The Balaban J connectivity index is 2.37. The summed E-state index contributed by atoms with van der Waals surface area (Å²) < 4.78 is 82.4. The van der Waals surface area contributed by atoms with E-state index in [9.17, 15) is 24.9 Å². The molecule has 0 saturated carbocycles. The SMILES string of the molecule is CC[C@H]1OC(=O)[C@H](C)[C@@H](OC2C[C@@](C)(OC)[C@@H](O[Si](C)(C)C)[C@H](C)O2)[C@H](C)[C@@H](O[C@@H]2O[C@H](C)C[C@H](N(C)C)[C@H]2O[Si](C)(C)C)[C@](C)(O)C[C@](C)(F)[C@H](OC(=O)OC(C)(C)C)[C@H](C)[C@@H](O)[C@]1(C)O. The standard InChI is InChI=1S/C48H92FNO15Si2/c1-23-33-48(13,55)37(51)30(5)38(62-43(53)63-44(7,8)9)45(10,49)26-46(11,54)39(61-42-36(64-66(17,18)19)32(50(14)15)24-27(2)57-42)28(3)35(29(4)41(52)59-33)60-34-25-47(12,56-16)40(31(6)58-34)65-67(20,21)22/h27-40,42,51,54-55H,23-26H2,1-22H3/t27-,28+,29-,30-,31+,32+,33-,34?,35+,36-,37-,38-,39-,40+,42+,45+,46-,47-,48-/m1/s1. The second-order valence-corrected chi connectivity index (χ2v) is 32.8. The molecule has 3 aliphatic rings. The maximum absolute atomic E-state index is 18.2. The van der Waals surface area contributed by atoms with Crippen molar-refractivity contribution in [3.05, 3.63) is 0 Å². The van der Waals surface area contributed by atoms with Crippen molar-refractivity contribution in [3.8, 4) is 0 Å². The molecule has 394 valence electrons. The highest BCUT2D eigenvalue weighted by Crippen LogP contribution is 2.45. The maximum atomic E-state index is 18.2. The molecule has 3 rings (SSSR count). The summed E-state index contributed by atoms with van der Waals surface area (Å²) in [7, 11) is 1.08. The van der Waals surface area contributed by atoms with Crippen molar-refractivity contribution in [1.82, 2.24) is 4.90 Å². The van der Waals surface area contributed by atoms with Gasteiger partial charge in [-0.2, -0.15) is 0 Å². The number of ether oxygens (including phenoxy) is 8. The number of halogens is 1. The number of methoxy groups -OCH3 is 1. The van der Waals surface area contributed by atoms with Crippen LogP contribution in [0.3, 0.4) is 0 Å². The van der Waals surface area contributed by atoms with Crippen LogP contribution in [0.15, 0.2) is 0 Å². The van der Waals surface area contributed by atoms with E-state index in [1.54, 1.807) is 48.7 Å². The summed E-state index contributed by atoms with van der Waals surface area (Å²) in [6, 6.07) is -0.186. The second-order valence-electron chi connectivity index (χ2n) is 23.9. The Hall–Kier alpha value is -1.34. The molecule has 3 N–H and O–H groups in total. The van der Waals surface area contributed by atoms with Gasteiger partial charge in [-0.05, 0) is 135 Å². The van der Waals surface area contributed by atoms with Crippen molar-refractivity contribution in [2.45, 2.75) is 257 Å². The van der Waals surface area contributed by atoms with Gasteiger partial charge in [0.1, 0.15) is 35.2 Å². The van der Waals surface area contributed by atoms with Crippen LogP contribution in [0.2, 0.25) is 39.3 Å². The summed E-state index contributed by atoms with van der Waals surface area (Å²) in [5.41, 5.74) is -8.98. The smallest absolute Gasteiger partial charge is 0.459 e. The van der Waals surface area contributed by atoms with Crippen LogP contribution in [0.25, 0.3) is 0 Å². The fourth-order valence-corrected chi connectivity index (χ4v) is 12.6. The number of esters is 1. The molecule has 0 aromatic carbocycles. The largest absolute Gasteiger partial charge is 0.509 e. The molecular weight excluding hydrogens is 906 g/mol. The third kappa shape index (κ3) is 15.6. The quantitative estimate of drug-likeness (QED) is 0.130. The van der Waals surface area contributed by atoms with Gasteiger partial charge in [0.15, 0.2) is 29.2 Å². The minimum Gasteiger partial charge on any atom is -0.459 e. The molecule has 3 aliphatic heterocycles. The number of carbonyl (C=O) groups excluding carboxylic acids is 2. The fraction of sp³-hybridized carbons (Fsp3) is 0.958. The van der Waals surface area contributed by atoms with Crippen LogP contribution in [-0.2, 0) is 51.5 Å². The Morgan fingerprint density at radius 1 is 0.866 bits per heavy atom. The summed E-state index contributed by atoms with van der Waals surface area (Å²) in [6.07, 6.45) is -12.8. The number of hydrogen-bond acceptors (Lipinski definition) is 16. The predicted molar refractivity (Wildman–Crippen MR) is 257 cm³/mol. The molecule has 0 spiro atoms. The number of alkyl halides is 1. The summed E-state index contributed by atoms with van der Waals surface area (Å²) >= 11 is 0. The molecule has 3 heterocycles. The Bertz CT molecular complexity index is 1620. The lowest BCUT2D eigenvalue weighted by Crippen LogP contribution is -2.64. The Morgan fingerprint density at radius 3 is 1.93 bits per heavy atom. The average molecular weight is 998 g/mol. The van der Waals surface area contributed by atoms with Crippen molar-refractivity contribution < 1.29 is 76.0 Å². The lowest BCUT2D eigenvalue weighted by molar-refractivity contribution is -0.317. The van der Waals surface area contributed by atoms with Crippen LogP contribution in [0, 0.1) is 17.8 Å². The molecule has 3 saturated heterocycles. The monoisotopic (exact) mass is 998 g/mol. The van der Waals surface area contributed by atoms with Gasteiger partial charge in [0.25, 0.3) is 0 Å². The minimum atomic E-state index is -2.66. The van der Waals surface area contributed by atoms with E-state index in [1.165, 1.54) is 20.8 Å². The van der Waals surface area contributed by atoms with Gasteiger partial charge in [0, 0.05) is 37.8 Å². The fourth-order valence-electron chi connectivity index (χ4n) is 10.3. The second kappa shape index (κ2) is 22.2. The molecule has 0 aromatic rings. The first-order chi connectivity index (χ1) is 30.2. The summed E-state index contributed by atoms with van der Waals surface area (Å²) in [5.74, 6) is -4.27. The van der Waals surface area contributed by atoms with Gasteiger partial charge in [-0.1, -0.05) is 20.8 Å². The molecule has 0 radical (unpaired) electrons. The van der Waals surface area contributed by atoms with Crippen LogP contribution in [-0.4, -0.2) is 172 Å². The molecule has 0 amide bonds. The van der Waals surface area contributed by atoms with E-state index >= 15 is 4.39 Å². The van der Waals surface area contributed by atoms with Gasteiger partial charge in [0.2, 0.25) is 0 Å². The number of rotatable bonds is 12. The van der Waals surface area contributed by atoms with Crippen LogP contribution < -0.4 is 0 Å². The first kappa shape index (κ1) is 60.0.